The molecule has 0 aliphatic rings. The van der Waals surface area contributed by atoms with Gasteiger partial charge in [0.15, 0.2) is 0 Å². The number of aromatic nitrogens is 2. The Hall–Kier alpha value is -2.02. The molecule has 104 valence electrons. The van der Waals surface area contributed by atoms with Crippen LogP contribution < -0.4 is 10.1 Å². The number of nitrogens with zero attached hydrogens (tertiary/aromatic N) is 2. The maximum atomic E-state index is 13.1. The van der Waals surface area contributed by atoms with E-state index >= 15 is 0 Å². The van der Waals surface area contributed by atoms with Gasteiger partial charge in [0.1, 0.15) is 5.82 Å². The average molecular weight is 340 g/mol. The Balaban J connectivity index is 2.23. The summed E-state index contributed by atoms with van der Waals surface area (Å²) in [5.41, 5.74) is 0.954. The van der Waals surface area contributed by atoms with E-state index in [-0.39, 0.29) is 10.4 Å². The lowest BCUT2D eigenvalue weighted by atomic mass is 10.2. The number of carbonyl (C=O) groups excluding carboxylic acids is 1. The minimum atomic E-state index is -0.435. The van der Waals surface area contributed by atoms with Gasteiger partial charge in [0.25, 0.3) is 5.91 Å². The van der Waals surface area contributed by atoms with E-state index in [0.29, 0.717) is 17.1 Å². The molecule has 2 aromatic rings. The Bertz CT molecular complexity index is 664. The minimum Gasteiger partial charge on any atom is -0.481 e. The van der Waals surface area contributed by atoms with E-state index in [1.165, 1.54) is 25.3 Å². The SMILES string of the molecule is COc1cc(C)nc(NC(=O)c2ccc(F)c(Br)c2)n1. The first-order chi connectivity index (χ1) is 9.49. The number of hydrogen-bond donors (Lipinski definition) is 1. The van der Waals surface area contributed by atoms with Crippen molar-refractivity contribution in [2.75, 3.05) is 12.4 Å². The Morgan fingerprint density at radius 1 is 1.35 bits per heavy atom. The van der Waals surface area contributed by atoms with Crippen molar-refractivity contribution >= 4 is 27.8 Å². The number of hydrogen-bond acceptors (Lipinski definition) is 4. The van der Waals surface area contributed by atoms with E-state index in [0.717, 1.165) is 0 Å². The first-order valence-electron chi connectivity index (χ1n) is 5.65. The van der Waals surface area contributed by atoms with Gasteiger partial charge in [-0.15, -0.1) is 0 Å². The largest absolute Gasteiger partial charge is 0.481 e. The number of rotatable bonds is 3. The summed E-state index contributed by atoms with van der Waals surface area (Å²) in [6, 6.07) is 5.61. The number of aryl methyl sites for hydroxylation is 1. The summed E-state index contributed by atoms with van der Waals surface area (Å²) in [5.74, 6) is -0.381. The third kappa shape index (κ3) is 3.30. The van der Waals surface area contributed by atoms with Gasteiger partial charge in [-0.3, -0.25) is 10.1 Å². The summed E-state index contributed by atoms with van der Waals surface area (Å²) in [5, 5.41) is 2.54. The molecule has 0 bridgehead atoms. The highest BCUT2D eigenvalue weighted by Gasteiger charge is 2.11. The van der Waals surface area contributed by atoms with Crippen LogP contribution in [-0.2, 0) is 0 Å². The van der Waals surface area contributed by atoms with Gasteiger partial charge in [0.05, 0.1) is 11.6 Å². The molecule has 1 aromatic heterocycles. The lowest BCUT2D eigenvalue weighted by Crippen LogP contribution is -2.15. The average Bonchev–Trinajstić information content (AvgIpc) is 2.41. The second-order valence-electron chi connectivity index (χ2n) is 3.96. The molecule has 7 heteroatoms. The molecular weight excluding hydrogens is 329 g/mol. The molecule has 5 nitrogen and oxygen atoms in total. The molecule has 0 unspecified atom stereocenters. The third-order valence-electron chi connectivity index (χ3n) is 2.45. The summed E-state index contributed by atoms with van der Waals surface area (Å²) in [4.78, 5) is 20.1. The number of ether oxygens (including phenoxy) is 1. The van der Waals surface area contributed by atoms with Gasteiger partial charge in [-0.2, -0.15) is 4.98 Å². The number of benzene rings is 1. The molecule has 1 amide bonds. The van der Waals surface area contributed by atoms with Gasteiger partial charge in [-0.25, -0.2) is 9.37 Å². The van der Waals surface area contributed by atoms with E-state index in [9.17, 15) is 9.18 Å². The number of nitrogens with one attached hydrogen (secondary N) is 1. The van der Waals surface area contributed by atoms with Crippen LogP contribution in [0.15, 0.2) is 28.7 Å². The van der Waals surface area contributed by atoms with E-state index in [1.807, 2.05) is 0 Å². The summed E-state index contributed by atoms with van der Waals surface area (Å²) < 4.78 is 18.3. The maximum Gasteiger partial charge on any atom is 0.258 e. The molecule has 0 atom stereocenters. The molecule has 2 rings (SSSR count). The highest BCUT2D eigenvalue weighted by atomic mass is 79.9. The van der Waals surface area contributed by atoms with E-state index < -0.39 is 11.7 Å². The van der Waals surface area contributed by atoms with Gasteiger partial charge in [0, 0.05) is 17.3 Å². The van der Waals surface area contributed by atoms with Crippen LogP contribution in [-0.4, -0.2) is 23.0 Å². The molecule has 1 aromatic carbocycles. The molecular formula is C13H11BrFN3O2. The monoisotopic (exact) mass is 339 g/mol. The van der Waals surface area contributed by atoms with Crippen molar-refractivity contribution in [3.05, 3.63) is 45.8 Å². The fourth-order valence-corrected chi connectivity index (χ4v) is 1.89. The zero-order chi connectivity index (χ0) is 14.7. The first-order valence-corrected chi connectivity index (χ1v) is 6.45. The van der Waals surface area contributed by atoms with E-state index in [4.69, 9.17) is 4.74 Å². The number of methoxy groups -OCH3 is 1. The maximum absolute atomic E-state index is 13.1. The predicted octanol–water partition coefficient (Wildman–Crippen LogP) is 2.95. The van der Waals surface area contributed by atoms with Crippen molar-refractivity contribution in [1.29, 1.82) is 0 Å². The molecule has 0 radical (unpaired) electrons. The van der Waals surface area contributed by atoms with Crippen molar-refractivity contribution < 1.29 is 13.9 Å². The predicted molar refractivity (Wildman–Crippen MR) is 75.4 cm³/mol. The second kappa shape index (κ2) is 5.96. The Morgan fingerprint density at radius 3 is 2.75 bits per heavy atom. The molecule has 1 N–H and O–H groups in total. The Labute approximate surface area is 123 Å². The smallest absolute Gasteiger partial charge is 0.258 e. The first kappa shape index (κ1) is 14.4. The Kier molecular flexibility index (Phi) is 4.29. The molecule has 0 aliphatic heterocycles. The lowest BCUT2D eigenvalue weighted by molar-refractivity contribution is 0.102. The van der Waals surface area contributed by atoms with E-state index in [2.05, 4.69) is 31.2 Å². The summed E-state index contributed by atoms with van der Waals surface area (Å²) in [6.07, 6.45) is 0. The molecule has 20 heavy (non-hydrogen) atoms. The summed E-state index contributed by atoms with van der Waals surface area (Å²) >= 11 is 3.03. The van der Waals surface area contributed by atoms with Crippen molar-refractivity contribution in [1.82, 2.24) is 9.97 Å². The molecule has 0 spiro atoms. The highest BCUT2D eigenvalue weighted by Crippen LogP contribution is 2.18. The zero-order valence-electron chi connectivity index (χ0n) is 10.8. The number of carbonyl (C=O) groups is 1. The van der Waals surface area contributed by atoms with Gasteiger partial charge in [-0.05, 0) is 41.1 Å². The van der Waals surface area contributed by atoms with Crippen LogP contribution in [0.4, 0.5) is 10.3 Å². The normalized spacial score (nSPS) is 10.2. The van der Waals surface area contributed by atoms with Crippen LogP contribution >= 0.6 is 15.9 Å². The van der Waals surface area contributed by atoms with Crippen molar-refractivity contribution in [2.24, 2.45) is 0 Å². The third-order valence-corrected chi connectivity index (χ3v) is 3.05. The Morgan fingerprint density at radius 2 is 2.10 bits per heavy atom. The quantitative estimate of drug-likeness (QED) is 0.933. The molecule has 1 heterocycles. The number of amides is 1. The van der Waals surface area contributed by atoms with Crippen LogP contribution in [0.3, 0.4) is 0 Å². The van der Waals surface area contributed by atoms with Crippen molar-refractivity contribution in [3.63, 3.8) is 0 Å². The van der Waals surface area contributed by atoms with Crippen molar-refractivity contribution in [3.8, 4) is 5.88 Å². The van der Waals surface area contributed by atoms with Crippen molar-refractivity contribution in [2.45, 2.75) is 6.92 Å². The van der Waals surface area contributed by atoms with Crippen LogP contribution in [0, 0.1) is 12.7 Å². The van der Waals surface area contributed by atoms with Gasteiger partial charge >= 0.3 is 0 Å². The van der Waals surface area contributed by atoms with E-state index in [1.54, 1.807) is 13.0 Å². The van der Waals surface area contributed by atoms with Gasteiger partial charge in [0.2, 0.25) is 11.8 Å². The zero-order valence-corrected chi connectivity index (χ0v) is 12.4. The van der Waals surface area contributed by atoms with Crippen LogP contribution in [0.1, 0.15) is 16.1 Å². The minimum absolute atomic E-state index is 0.132. The molecule has 0 aliphatic carbocycles. The summed E-state index contributed by atoms with van der Waals surface area (Å²) in [7, 11) is 1.48. The lowest BCUT2D eigenvalue weighted by Gasteiger charge is -2.07. The number of halogens is 2. The topological polar surface area (TPSA) is 64.1 Å². The highest BCUT2D eigenvalue weighted by molar-refractivity contribution is 9.10. The van der Waals surface area contributed by atoms with Crippen LogP contribution in [0.25, 0.3) is 0 Å². The molecule has 0 saturated carbocycles. The second-order valence-corrected chi connectivity index (χ2v) is 4.81. The van der Waals surface area contributed by atoms with Gasteiger partial charge in [-0.1, -0.05) is 0 Å². The van der Waals surface area contributed by atoms with Crippen LogP contribution in [0.5, 0.6) is 5.88 Å². The fourth-order valence-electron chi connectivity index (χ4n) is 1.51. The fraction of sp³-hybridized carbons (Fsp3) is 0.154. The summed E-state index contributed by atoms with van der Waals surface area (Å²) in [6.45, 7) is 1.76. The van der Waals surface area contributed by atoms with Crippen LogP contribution in [0.2, 0.25) is 0 Å². The molecule has 0 fully saturated rings. The van der Waals surface area contributed by atoms with Gasteiger partial charge < -0.3 is 4.74 Å². The molecule has 0 saturated heterocycles. The standard InChI is InChI=1S/C13H11BrFN3O2/c1-7-5-11(20-2)17-13(16-7)18-12(19)8-3-4-10(15)9(14)6-8/h3-6H,1-2H3,(H,16,17,18,19). The number of anilines is 1.